The Morgan fingerprint density at radius 1 is 1.21 bits per heavy atom. The molecule has 0 bridgehead atoms. The summed E-state index contributed by atoms with van der Waals surface area (Å²) in [5.41, 5.74) is 4.98. The third kappa shape index (κ3) is 3.12. The van der Waals surface area contributed by atoms with E-state index in [1.54, 1.807) is 14.0 Å². The Kier molecular flexibility index (Phi) is 4.29. The van der Waals surface area contributed by atoms with Gasteiger partial charge in [0.05, 0.1) is 12.8 Å². The zero-order chi connectivity index (χ0) is 17.1. The molecule has 6 heteroatoms. The van der Waals surface area contributed by atoms with E-state index in [1.165, 1.54) is 6.07 Å². The molecular weight excluding hydrogens is 304 g/mol. The SMILES string of the molecule is COc1ccc(/C(C)=N\Nc2nc(C)cc(=O)[nH]2)c2ccccc12. The van der Waals surface area contributed by atoms with Gasteiger partial charge in [-0.1, -0.05) is 24.3 Å². The largest absolute Gasteiger partial charge is 0.496 e. The van der Waals surface area contributed by atoms with E-state index in [0.717, 1.165) is 27.8 Å². The first-order valence-electron chi connectivity index (χ1n) is 7.53. The van der Waals surface area contributed by atoms with E-state index in [4.69, 9.17) is 4.74 Å². The Labute approximate surface area is 139 Å². The number of ether oxygens (including phenoxy) is 1. The standard InChI is InChI=1S/C18H18N4O2/c1-11-10-17(23)20-18(19-11)22-21-12(2)13-8-9-16(24-3)15-7-5-4-6-14(13)15/h4-10H,1-3H3,(H2,19,20,22,23)/b21-12-. The number of H-pyrrole nitrogens is 1. The molecule has 0 aliphatic carbocycles. The van der Waals surface area contributed by atoms with Gasteiger partial charge in [-0.2, -0.15) is 5.10 Å². The fourth-order valence-electron chi connectivity index (χ4n) is 2.59. The maximum Gasteiger partial charge on any atom is 0.252 e. The molecule has 0 spiro atoms. The van der Waals surface area contributed by atoms with Gasteiger partial charge in [0.2, 0.25) is 5.95 Å². The van der Waals surface area contributed by atoms with Crippen LogP contribution in [0.15, 0.2) is 52.4 Å². The predicted molar refractivity (Wildman–Crippen MR) is 95.9 cm³/mol. The van der Waals surface area contributed by atoms with Crippen LogP contribution in [0.25, 0.3) is 10.8 Å². The highest BCUT2D eigenvalue weighted by Crippen LogP contribution is 2.28. The van der Waals surface area contributed by atoms with Crippen LogP contribution in [-0.4, -0.2) is 22.8 Å². The van der Waals surface area contributed by atoms with Gasteiger partial charge in [-0.05, 0) is 31.4 Å². The number of rotatable bonds is 4. The Morgan fingerprint density at radius 2 is 1.96 bits per heavy atom. The summed E-state index contributed by atoms with van der Waals surface area (Å²) >= 11 is 0. The maximum absolute atomic E-state index is 11.5. The van der Waals surface area contributed by atoms with Gasteiger partial charge < -0.3 is 4.74 Å². The number of hydrazone groups is 1. The fourth-order valence-corrected chi connectivity index (χ4v) is 2.59. The number of aryl methyl sites for hydroxylation is 1. The third-order valence-electron chi connectivity index (χ3n) is 3.69. The Balaban J connectivity index is 1.99. The minimum Gasteiger partial charge on any atom is -0.496 e. The molecule has 0 saturated heterocycles. The number of aromatic nitrogens is 2. The van der Waals surface area contributed by atoms with Crippen molar-refractivity contribution in [1.29, 1.82) is 0 Å². The van der Waals surface area contributed by atoms with E-state index < -0.39 is 0 Å². The minimum atomic E-state index is -0.215. The van der Waals surface area contributed by atoms with E-state index >= 15 is 0 Å². The van der Waals surface area contributed by atoms with Gasteiger partial charge in [-0.3, -0.25) is 9.78 Å². The van der Waals surface area contributed by atoms with Crippen LogP contribution in [0.3, 0.4) is 0 Å². The minimum absolute atomic E-state index is 0.215. The number of hydrogen-bond acceptors (Lipinski definition) is 5. The first-order valence-corrected chi connectivity index (χ1v) is 7.53. The molecule has 3 rings (SSSR count). The van der Waals surface area contributed by atoms with Gasteiger partial charge in [0.25, 0.3) is 5.56 Å². The van der Waals surface area contributed by atoms with Crippen molar-refractivity contribution < 1.29 is 4.74 Å². The van der Waals surface area contributed by atoms with Crippen molar-refractivity contribution in [3.63, 3.8) is 0 Å². The summed E-state index contributed by atoms with van der Waals surface area (Å²) in [4.78, 5) is 18.3. The first kappa shape index (κ1) is 15.7. The molecule has 24 heavy (non-hydrogen) atoms. The van der Waals surface area contributed by atoms with Crippen LogP contribution in [-0.2, 0) is 0 Å². The van der Waals surface area contributed by atoms with Crippen molar-refractivity contribution in [2.24, 2.45) is 5.10 Å². The highest BCUT2D eigenvalue weighted by atomic mass is 16.5. The molecule has 6 nitrogen and oxygen atoms in total. The Morgan fingerprint density at radius 3 is 2.67 bits per heavy atom. The lowest BCUT2D eigenvalue weighted by Gasteiger charge is -2.10. The van der Waals surface area contributed by atoms with Crippen LogP contribution in [0.2, 0.25) is 0 Å². The molecule has 0 unspecified atom stereocenters. The van der Waals surface area contributed by atoms with Crippen LogP contribution >= 0.6 is 0 Å². The number of hydrogen-bond donors (Lipinski definition) is 2. The van der Waals surface area contributed by atoms with Crippen molar-refractivity contribution in [3.05, 3.63) is 64.1 Å². The highest BCUT2D eigenvalue weighted by Gasteiger charge is 2.08. The van der Waals surface area contributed by atoms with Gasteiger partial charge in [-0.25, -0.2) is 10.4 Å². The summed E-state index contributed by atoms with van der Waals surface area (Å²) in [6.45, 7) is 3.66. The summed E-state index contributed by atoms with van der Waals surface area (Å²) in [6, 6.07) is 13.3. The lowest BCUT2D eigenvalue weighted by molar-refractivity contribution is 0.420. The van der Waals surface area contributed by atoms with Gasteiger partial charge in [0.15, 0.2) is 0 Å². The maximum atomic E-state index is 11.5. The molecule has 1 aromatic heterocycles. The van der Waals surface area contributed by atoms with Crippen molar-refractivity contribution in [1.82, 2.24) is 9.97 Å². The molecule has 2 aromatic carbocycles. The number of methoxy groups -OCH3 is 1. The van der Waals surface area contributed by atoms with Gasteiger partial charge in [0, 0.05) is 22.7 Å². The summed E-state index contributed by atoms with van der Waals surface area (Å²) in [5.74, 6) is 1.14. The molecule has 1 heterocycles. The topological polar surface area (TPSA) is 79.4 Å². The third-order valence-corrected chi connectivity index (χ3v) is 3.69. The number of aromatic amines is 1. The molecule has 122 valence electrons. The Hall–Kier alpha value is -3.15. The van der Waals surface area contributed by atoms with E-state index in [9.17, 15) is 4.79 Å². The van der Waals surface area contributed by atoms with E-state index in [0.29, 0.717) is 11.6 Å². The molecule has 2 N–H and O–H groups in total. The molecule has 0 fully saturated rings. The van der Waals surface area contributed by atoms with Crippen molar-refractivity contribution in [3.8, 4) is 5.75 Å². The smallest absolute Gasteiger partial charge is 0.252 e. The predicted octanol–water partition coefficient (Wildman–Crippen LogP) is 3.08. The van der Waals surface area contributed by atoms with E-state index in [1.807, 2.05) is 43.3 Å². The lowest BCUT2D eigenvalue weighted by atomic mass is 10.0. The monoisotopic (exact) mass is 322 g/mol. The Bertz CT molecular complexity index is 976. The number of anilines is 1. The van der Waals surface area contributed by atoms with E-state index in [-0.39, 0.29) is 5.56 Å². The number of fused-ring (bicyclic) bond motifs is 1. The van der Waals surface area contributed by atoms with Crippen molar-refractivity contribution in [2.45, 2.75) is 13.8 Å². The average Bonchev–Trinajstić information content (AvgIpc) is 2.58. The van der Waals surface area contributed by atoms with E-state index in [2.05, 4.69) is 20.5 Å². The zero-order valence-corrected chi connectivity index (χ0v) is 13.8. The molecule has 0 radical (unpaired) electrons. The number of benzene rings is 2. The fraction of sp³-hybridized carbons (Fsp3) is 0.167. The molecular formula is C18H18N4O2. The van der Waals surface area contributed by atoms with Gasteiger partial charge in [0.1, 0.15) is 5.75 Å². The second-order valence-electron chi connectivity index (χ2n) is 5.41. The lowest BCUT2D eigenvalue weighted by Crippen LogP contribution is -2.11. The van der Waals surface area contributed by atoms with Crippen LogP contribution in [0.5, 0.6) is 5.75 Å². The quantitative estimate of drug-likeness (QED) is 0.571. The second-order valence-corrected chi connectivity index (χ2v) is 5.41. The van der Waals surface area contributed by atoms with Crippen molar-refractivity contribution in [2.75, 3.05) is 12.5 Å². The molecule has 0 aliphatic heterocycles. The summed E-state index contributed by atoms with van der Waals surface area (Å²) in [5, 5.41) is 6.41. The summed E-state index contributed by atoms with van der Waals surface area (Å²) < 4.78 is 5.41. The summed E-state index contributed by atoms with van der Waals surface area (Å²) in [6.07, 6.45) is 0. The van der Waals surface area contributed by atoms with Crippen LogP contribution < -0.4 is 15.7 Å². The molecule has 3 aromatic rings. The number of nitrogens with zero attached hydrogens (tertiary/aromatic N) is 2. The summed E-state index contributed by atoms with van der Waals surface area (Å²) in [7, 11) is 1.66. The molecule has 0 amide bonds. The molecule has 0 saturated carbocycles. The van der Waals surface area contributed by atoms with Crippen LogP contribution in [0.4, 0.5) is 5.95 Å². The van der Waals surface area contributed by atoms with Crippen LogP contribution in [0, 0.1) is 6.92 Å². The normalized spacial score (nSPS) is 11.5. The first-order chi connectivity index (χ1) is 11.6. The van der Waals surface area contributed by atoms with Gasteiger partial charge >= 0.3 is 0 Å². The second kappa shape index (κ2) is 6.54. The average molecular weight is 322 g/mol. The highest BCUT2D eigenvalue weighted by molar-refractivity contribution is 6.11. The molecule has 0 aliphatic rings. The van der Waals surface area contributed by atoms with Crippen molar-refractivity contribution >= 4 is 22.4 Å². The van der Waals surface area contributed by atoms with Crippen LogP contribution in [0.1, 0.15) is 18.2 Å². The van der Waals surface area contributed by atoms with Gasteiger partial charge in [-0.15, -0.1) is 0 Å². The molecule has 0 atom stereocenters. The zero-order valence-electron chi connectivity index (χ0n) is 13.8. The number of nitrogens with one attached hydrogen (secondary N) is 2.